The van der Waals surface area contributed by atoms with Crippen LogP contribution in [-0.4, -0.2) is 35.6 Å². The molecule has 5 rings (SSSR count). The van der Waals surface area contributed by atoms with Crippen molar-refractivity contribution >= 4 is 39.2 Å². The van der Waals surface area contributed by atoms with Gasteiger partial charge in [0, 0.05) is 24.2 Å². The molecule has 0 saturated heterocycles. The molecule has 1 amide bonds. The van der Waals surface area contributed by atoms with Gasteiger partial charge >= 0.3 is 0 Å². The summed E-state index contributed by atoms with van der Waals surface area (Å²) in [6.45, 7) is 6.82. The molecule has 0 fully saturated rings. The number of rotatable bonds is 9. The van der Waals surface area contributed by atoms with Gasteiger partial charge in [-0.1, -0.05) is 53.8 Å². The summed E-state index contributed by atoms with van der Waals surface area (Å²) in [5.41, 5.74) is 2.69. The van der Waals surface area contributed by atoms with Crippen LogP contribution < -0.4 is 24.4 Å². The van der Waals surface area contributed by atoms with E-state index in [1.165, 1.54) is 17.4 Å². The number of thiazole rings is 1. The molecule has 3 aromatic carbocycles. The van der Waals surface area contributed by atoms with Gasteiger partial charge in [0.05, 0.1) is 27.4 Å². The first kappa shape index (κ1) is 30.4. The number of likely N-dealkylation sites (N-methyl/N-ethyl adjacent to an activating group) is 1. The Morgan fingerprint density at radius 2 is 1.81 bits per heavy atom. The summed E-state index contributed by atoms with van der Waals surface area (Å²) in [6, 6.07) is 18.7. The Kier molecular flexibility index (Phi) is 9.27. The lowest BCUT2D eigenvalue weighted by Gasteiger charge is -2.29. The molecule has 0 unspecified atom stereocenters. The summed E-state index contributed by atoms with van der Waals surface area (Å²) in [4.78, 5) is 34.8. The van der Waals surface area contributed by atoms with Gasteiger partial charge in [-0.15, -0.1) is 0 Å². The molecule has 0 radical (unpaired) electrons. The molecule has 0 aliphatic carbocycles. The maximum atomic E-state index is 14.1. The summed E-state index contributed by atoms with van der Waals surface area (Å²) in [5.74, 6) is 0.644. The molecule has 10 heteroatoms. The summed E-state index contributed by atoms with van der Waals surface area (Å²) >= 11 is 4.81. The molecule has 1 aliphatic rings. The number of aromatic nitrogens is 1. The third kappa shape index (κ3) is 6.07. The zero-order valence-corrected chi connectivity index (χ0v) is 26.7. The molecule has 222 valence electrons. The van der Waals surface area contributed by atoms with E-state index in [-0.39, 0.29) is 23.9 Å². The lowest BCUT2D eigenvalue weighted by Crippen LogP contribution is -2.43. The number of carbonyl (C=O) groups excluding carboxylic acids is 1. The van der Waals surface area contributed by atoms with Crippen LogP contribution in [0.3, 0.4) is 0 Å². The van der Waals surface area contributed by atoms with Crippen LogP contribution in [0.1, 0.15) is 43.5 Å². The summed E-state index contributed by atoms with van der Waals surface area (Å²) < 4.78 is 28.3. The maximum Gasteiger partial charge on any atom is 0.271 e. The Morgan fingerprint density at radius 3 is 2.51 bits per heavy atom. The third-order valence-electron chi connectivity index (χ3n) is 7.33. The topological polar surface area (TPSA) is 73.1 Å². The first-order valence-electron chi connectivity index (χ1n) is 13.9. The zero-order chi connectivity index (χ0) is 30.7. The molecule has 0 saturated carbocycles. The minimum Gasteiger partial charge on any atom is -0.496 e. The molecule has 1 aliphatic heterocycles. The first-order chi connectivity index (χ1) is 20.8. The molecule has 1 aromatic heterocycles. The number of methoxy groups -OCH3 is 1. The van der Waals surface area contributed by atoms with E-state index in [1.54, 1.807) is 46.9 Å². The van der Waals surface area contributed by atoms with Crippen molar-refractivity contribution in [3.8, 4) is 11.5 Å². The smallest absolute Gasteiger partial charge is 0.271 e. The number of fused-ring (bicyclic) bond motifs is 1. The van der Waals surface area contributed by atoms with Gasteiger partial charge in [-0.3, -0.25) is 14.2 Å². The molecule has 2 heterocycles. The van der Waals surface area contributed by atoms with Crippen molar-refractivity contribution in [1.29, 1.82) is 0 Å². The van der Waals surface area contributed by atoms with Gasteiger partial charge in [-0.05, 0) is 72.6 Å². The highest BCUT2D eigenvalue weighted by atomic mass is 79.9. The molecule has 43 heavy (non-hydrogen) atoms. The highest BCUT2D eigenvalue weighted by Crippen LogP contribution is 2.36. The van der Waals surface area contributed by atoms with Gasteiger partial charge < -0.3 is 14.4 Å². The molecule has 4 aromatic rings. The van der Waals surface area contributed by atoms with Crippen LogP contribution in [0.4, 0.5) is 4.39 Å². The Labute approximate surface area is 261 Å². The minimum absolute atomic E-state index is 0.0834. The number of ether oxygens (including phenoxy) is 2. The van der Waals surface area contributed by atoms with Crippen molar-refractivity contribution in [1.82, 2.24) is 9.47 Å². The van der Waals surface area contributed by atoms with Crippen LogP contribution in [0.5, 0.6) is 11.5 Å². The van der Waals surface area contributed by atoms with Gasteiger partial charge in [-0.25, -0.2) is 9.38 Å². The first-order valence-corrected chi connectivity index (χ1v) is 15.5. The molecular weight excluding hydrogens is 633 g/mol. The van der Waals surface area contributed by atoms with E-state index >= 15 is 0 Å². The summed E-state index contributed by atoms with van der Waals surface area (Å²) in [7, 11) is 1.58. The zero-order valence-electron chi connectivity index (χ0n) is 24.3. The normalized spacial score (nSPS) is 14.7. The van der Waals surface area contributed by atoms with Gasteiger partial charge in [0.15, 0.2) is 4.80 Å². The number of nitrogens with zero attached hydrogens (tertiary/aromatic N) is 3. The van der Waals surface area contributed by atoms with E-state index < -0.39 is 6.04 Å². The van der Waals surface area contributed by atoms with Gasteiger partial charge in [0.1, 0.15) is 30.0 Å². The number of hydrogen-bond donors (Lipinski definition) is 0. The van der Waals surface area contributed by atoms with Crippen LogP contribution in [0.2, 0.25) is 0 Å². The van der Waals surface area contributed by atoms with Gasteiger partial charge in [0.2, 0.25) is 0 Å². The number of amides is 1. The highest BCUT2D eigenvalue weighted by Gasteiger charge is 2.35. The number of halogens is 2. The second-order valence-electron chi connectivity index (χ2n) is 9.87. The van der Waals surface area contributed by atoms with Crippen LogP contribution in [-0.2, 0) is 11.4 Å². The van der Waals surface area contributed by atoms with Crippen LogP contribution in [0.25, 0.3) is 6.08 Å². The lowest BCUT2D eigenvalue weighted by atomic mass is 9.94. The van der Waals surface area contributed by atoms with Crippen LogP contribution in [0, 0.1) is 5.82 Å². The Morgan fingerprint density at radius 1 is 1.09 bits per heavy atom. The van der Waals surface area contributed by atoms with Gasteiger partial charge in [0.25, 0.3) is 11.5 Å². The number of carbonyl (C=O) groups is 1. The third-order valence-corrected chi connectivity index (χ3v) is 8.93. The Hall–Kier alpha value is -4.02. The molecule has 7 nitrogen and oxygen atoms in total. The molecule has 0 spiro atoms. The molecule has 1 atom stereocenters. The Bertz CT molecular complexity index is 1890. The van der Waals surface area contributed by atoms with Crippen molar-refractivity contribution < 1.29 is 18.7 Å². The van der Waals surface area contributed by atoms with Crippen molar-refractivity contribution in [2.24, 2.45) is 4.99 Å². The molecular formula is C33H31BrFN3O4S. The van der Waals surface area contributed by atoms with Crippen molar-refractivity contribution in [2.75, 3.05) is 20.2 Å². The fraction of sp³-hybridized carbons (Fsp3) is 0.242. The average Bonchev–Trinajstić information content (AvgIpc) is 3.31. The lowest BCUT2D eigenvalue weighted by molar-refractivity contribution is -0.127. The van der Waals surface area contributed by atoms with Crippen molar-refractivity contribution in [3.05, 3.63) is 125 Å². The fourth-order valence-electron chi connectivity index (χ4n) is 5.11. The SMILES string of the molecule is CCN(CC)C(=O)C1=C(C)N=c2s/c(=C/c3ccc(OCc4ccccc4F)c(Br)c3)c(=O)n2[C@@H]1c1ccccc1OC. The largest absolute Gasteiger partial charge is 0.496 e. The number of allylic oxidation sites excluding steroid dienone is 1. The fourth-order valence-corrected chi connectivity index (χ4v) is 6.67. The number of para-hydroxylation sites is 1. The number of benzene rings is 3. The monoisotopic (exact) mass is 663 g/mol. The quantitative estimate of drug-likeness (QED) is 0.234. The standard InChI is InChI=1S/C33H31BrFN3O4S/c1-5-37(6-2)32(40)29-20(3)36-33-38(30(29)23-12-8-10-14-26(23)41-4)31(39)28(43-33)18-21-15-16-27(24(34)17-21)42-19-22-11-7-9-13-25(22)35/h7-18,30H,5-6,19H2,1-4H3/b28-18+/t30-/m1/s1. The van der Waals surface area contributed by atoms with Crippen molar-refractivity contribution in [2.45, 2.75) is 33.4 Å². The predicted molar refractivity (Wildman–Crippen MR) is 170 cm³/mol. The van der Waals surface area contributed by atoms with E-state index in [2.05, 4.69) is 15.9 Å². The predicted octanol–water partition coefficient (Wildman–Crippen LogP) is 5.59. The van der Waals surface area contributed by atoms with E-state index in [1.807, 2.05) is 57.2 Å². The van der Waals surface area contributed by atoms with E-state index in [0.29, 0.717) is 60.8 Å². The summed E-state index contributed by atoms with van der Waals surface area (Å²) in [5, 5.41) is 0. The average molecular weight is 665 g/mol. The second kappa shape index (κ2) is 13.1. The minimum atomic E-state index is -0.705. The molecule has 0 N–H and O–H groups in total. The van der Waals surface area contributed by atoms with Crippen LogP contribution >= 0.6 is 27.3 Å². The van der Waals surface area contributed by atoms with Crippen molar-refractivity contribution in [3.63, 3.8) is 0 Å². The van der Waals surface area contributed by atoms with E-state index in [9.17, 15) is 14.0 Å². The number of hydrogen-bond acceptors (Lipinski definition) is 6. The summed E-state index contributed by atoms with van der Waals surface area (Å²) in [6.07, 6.45) is 1.79. The van der Waals surface area contributed by atoms with E-state index in [4.69, 9.17) is 14.5 Å². The highest BCUT2D eigenvalue weighted by molar-refractivity contribution is 9.10. The second-order valence-corrected chi connectivity index (χ2v) is 11.7. The molecule has 0 bridgehead atoms. The Balaban J connectivity index is 1.57. The van der Waals surface area contributed by atoms with Crippen LogP contribution in [0.15, 0.2) is 92.3 Å². The maximum absolute atomic E-state index is 14.1. The van der Waals surface area contributed by atoms with Gasteiger partial charge in [-0.2, -0.15) is 0 Å². The van der Waals surface area contributed by atoms with E-state index in [0.717, 1.165) is 5.56 Å².